The van der Waals surface area contributed by atoms with E-state index in [0.29, 0.717) is 5.57 Å². The van der Waals surface area contributed by atoms with Crippen molar-refractivity contribution in [2.45, 2.75) is 13.3 Å². The van der Waals surface area contributed by atoms with Crippen LogP contribution in [-0.4, -0.2) is 0 Å². The number of halogens is 3. The Kier molecular flexibility index (Phi) is 2.17. The van der Waals surface area contributed by atoms with Gasteiger partial charge < -0.3 is 0 Å². The first kappa shape index (κ1) is 8.11. The van der Waals surface area contributed by atoms with Gasteiger partial charge in [-0.3, -0.25) is 0 Å². The van der Waals surface area contributed by atoms with Crippen LogP contribution in [0.2, 0.25) is 0 Å². The lowest BCUT2D eigenvalue weighted by Gasteiger charge is -1.90. The molecule has 0 fully saturated rings. The van der Waals surface area contributed by atoms with E-state index in [9.17, 15) is 13.2 Å². The molecular formula is C8H7F3. The number of rotatable bonds is 0. The summed E-state index contributed by atoms with van der Waals surface area (Å²) in [6.45, 7) is 1.51. The Morgan fingerprint density at radius 2 is 1.82 bits per heavy atom. The summed E-state index contributed by atoms with van der Waals surface area (Å²) in [7, 11) is 0. The first-order chi connectivity index (χ1) is 5.09. The van der Waals surface area contributed by atoms with Crippen molar-refractivity contribution in [1.82, 2.24) is 0 Å². The van der Waals surface area contributed by atoms with Gasteiger partial charge in [-0.15, -0.1) is 0 Å². The van der Waals surface area contributed by atoms with Crippen LogP contribution in [0.3, 0.4) is 0 Å². The SMILES string of the molecule is CC1=CC(F)=C(F)CC(F)=C1. The van der Waals surface area contributed by atoms with E-state index in [-0.39, 0.29) is 0 Å². The summed E-state index contributed by atoms with van der Waals surface area (Å²) in [5.74, 6) is -2.68. The summed E-state index contributed by atoms with van der Waals surface area (Å²) in [6.07, 6.45) is 1.52. The molecule has 0 radical (unpaired) electrons. The van der Waals surface area contributed by atoms with Crippen LogP contribution in [0.1, 0.15) is 13.3 Å². The van der Waals surface area contributed by atoms with Gasteiger partial charge >= 0.3 is 0 Å². The minimum absolute atomic E-state index is 0.382. The third-order valence-electron chi connectivity index (χ3n) is 1.32. The van der Waals surface area contributed by atoms with Crippen LogP contribution in [0.4, 0.5) is 13.2 Å². The van der Waals surface area contributed by atoms with Crippen molar-refractivity contribution in [3.05, 3.63) is 35.2 Å². The molecule has 60 valence electrons. The van der Waals surface area contributed by atoms with Crippen LogP contribution < -0.4 is 0 Å². The fourth-order valence-electron chi connectivity index (χ4n) is 0.851. The Bertz CT molecular complexity index is 259. The van der Waals surface area contributed by atoms with Crippen molar-refractivity contribution >= 4 is 0 Å². The monoisotopic (exact) mass is 160 g/mol. The standard InChI is InChI=1S/C8H7F3/c1-5-2-6(9)4-8(11)7(10)3-5/h2-3H,4H2,1H3. The number of hydrogen-bond donors (Lipinski definition) is 0. The minimum Gasteiger partial charge on any atom is -0.211 e. The molecule has 11 heavy (non-hydrogen) atoms. The van der Waals surface area contributed by atoms with Crippen LogP contribution in [0, 0.1) is 0 Å². The van der Waals surface area contributed by atoms with Crippen molar-refractivity contribution in [2.24, 2.45) is 0 Å². The predicted molar refractivity (Wildman–Crippen MR) is 36.8 cm³/mol. The molecule has 3 heteroatoms. The zero-order chi connectivity index (χ0) is 8.43. The summed E-state index contributed by atoms with van der Waals surface area (Å²) in [5, 5.41) is 0. The minimum atomic E-state index is -1.05. The van der Waals surface area contributed by atoms with Crippen LogP contribution in [-0.2, 0) is 0 Å². The lowest BCUT2D eigenvalue weighted by Crippen LogP contribution is -1.76. The second-order valence-electron chi connectivity index (χ2n) is 2.41. The molecule has 0 spiro atoms. The molecule has 0 saturated heterocycles. The van der Waals surface area contributed by atoms with Gasteiger partial charge in [0.1, 0.15) is 11.7 Å². The largest absolute Gasteiger partial charge is 0.211 e. The average Bonchev–Trinajstić information content (AvgIpc) is 1.93. The Labute approximate surface area is 62.7 Å². The molecular weight excluding hydrogens is 153 g/mol. The van der Waals surface area contributed by atoms with Crippen molar-refractivity contribution in [2.75, 3.05) is 0 Å². The maximum Gasteiger partial charge on any atom is 0.155 e. The second-order valence-corrected chi connectivity index (χ2v) is 2.41. The highest BCUT2D eigenvalue weighted by molar-refractivity contribution is 5.32. The van der Waals surface area contributed by atoms with Crippen LogP contribution in [0.25, 0.3) is 0 Å². The highest BCUT2D eigenvalue weighted by atomic mass is 19.2. The molecule has 0 aliphatic heterocycles. The topological polar surface area (TPSA) is 0 Å². The van der Waals surface area contributed by atoms with E-state index < -0.39 is 23.9 Å². The Hall–Kier alpha value is -0.990. The fraction of sp³-hybridized carbons (Fsp3) is 0.250. The summed E-state index contributed by atoms with van der Waals surface area (Å²) in [5.41, 5.74) is 0.382. The van der Waals surface area contributed by atoms with E-state index >= 15 is 0 Å². The van der Waals surface area contributed by atoms with Gasteiger partial charge in [-0.25, -0.2) is 13.2 Å². The molecule has 0 saturated carbocycles. The molecule has 0 heterocycles. The molecule has 1 aliphatic rings. The molecule has 0 aromatic rings. The molecule has 0 aromatic heterocycles. The smallest absolute Gasteiger partial charge is 0.155 e. The molecule has 0 atom stereocenters. The van der Waals surface area contributed by atoms with Gasteiger partial charge in [-0.1, -0.05) is 0 Å². The average molecular weight is 160 g/mol. The van der Waals surface area contributed by atoms with E-state index in [1.807, 2.05) is 0 Å². The van der Waals surface area contributed by atoms with E-state index in [4.69, 9.17) is 0 Å². The Morgan fingerprint density at radius 1 is 1.18 bits per heavy atom. The molecule has 0 aromatic carbocycles. The van der Waals surface area contributed by atoms with Gasteiger partial charge in [-0.2, -0.15) is 0 Å². The molecule has 1 rings (SSSR count). The lowest BCUT2D eigenvalue weighted by molar-refractivity contribution is 0.505. The lowest BCUT2D eigenvalue weighted by atomic mass is 10.2. The second kappa shape index (κ2) is 2.95. The van der Waals surface area contributed by atoms with E-state index in [0.717, 1.165) is 12.2 Å². The van der Waals surface area contributed by atoms with Gasteiger partial charge in [0.05, 0.1) is 6.42 Å². The fourth-order valence-corrected chi connectivity index (χ4v) is 0.851. The predicted octanol–water partition coefficient (Wildman–Crippen LogP) is 3.34. The normalized spacial score (nSPS) is 19.3. The first-order valence-corrected chi connectivity index (χ1v) is 3.18. The van der Waals surface area contributed by atoms with Crippen LogP contribution >= 0.6 is 0 Å². The van der Waals surface area contributed by atoms with Gasteiger partial charge in [0.25, 0.3) is 0 Å². The molecule has 1 aliphatic carbocycles. The summed E-state index contributed by atoms with van der Waals surface area (Å²) < 4.78 is 37.4. The van der Waals surface area contributed by atoms with Gasteiger partial charge in [0.15, 0.2) is 5.83 Å². The zero-order valence-corrected chi connectivity index (χ0v) is 6.00. The third kappa shape index (κ3) is 1.97. The highest BCUT2D eigenvalue weighted by Gasteiger charge is 2.10. The van der Waals surface area contributed by atoms with Gasteiger partial charge in [0.2, 0.25) is 0 Å². The summed E-state index contributed by atoms with van der Waals surface area (Å²) in [6, 6.07) is 0. The zero-order valence-electron chi connectivity index (χ0n) is 6.00. The van der Waals surface area contributed by atoms with E-state index in [2.05, 4.69) is 0 Å². The number of allylic oxidation sites excluding steroid dienone is 6. The Morgan fingerprint density at radius 3 is 2.45 bits per heavy atom. The molecule has 0 nitrogen and oxygen atoms in total. The Balaban J connectivity index is 3.04. The first-order valence-electron chi connectivity index (χ1n) is 3.18. The third-order valence-corrected chi connectivity index (χ3v) is 1.32. The molecule has 0 N–H and O–H groups in total. The van der Waals surface area contributed by atoms with Crippen molar-refractivity contribution in [3.8, 4) is 0 Å². The van der Waals surface area contributed by atoms with Crippen LogP contribution in [0.15, 0.2) is 35.2 Å². The van der Waals surface area contributed by atoms with Gasteiger partial charge in [0, 0.05) is 0 Å². The number of hydrogen-bond acceptors (Lipinski definition) is 0. The van der Waals surface area contributed by atoms with Gasteiger partial charge in [-0.05, 0) is 24.6 Å². The molecule has 0 unspecified atom stereocenters. The quantitative estimate of drug-likeness (QED) is 0.509. The van der Waals surface area contributed by atoms with Crippen molar-refractivity contribution in [3.63, 3.8) is 0 Å². The van der Waals surface area contributed by atoms with E-state index in [1.54, 1.807) is 0 Å². The summed E-state index contributed by atoms with van der Waals surface area (Å²) in [4.78, 5) is 0. The van der Waals surface area contributed by atoms with E-state index in [1.165, 1.54) is 6.92 Å². The van der Waals surface area contributed by atoms with Crippen LogP contribution in [0.5, 0.6) is 0 Å². The molecule has 0 amide bonds. The maximum atomic E-state index is 12.5. The highest BCUT2D eigenvalue weighted by Crippen LogP contribution is 2.24. The molecule has 0 bridgehead atoms. The maximum absolute atomic E-state index is 12.5. The van der Waals surface area contributed by atoms with Crippen molar-refractivity contribution < 1.29 is 13.2 Å². The van der Waals surface area contributed by atoms with Crippen molar-refractivity contribution in [1.29, 1.82) is 0 Å². The summed E-state index contributed by atoms with van der Waals surface area (Å²) >= 11 is 0.